The third kappa shape index (κ3) is 2.81. The Labute approximate surface area is 101 Å². The van der Waals surface area contributed by atoms with Gasteiger partial charge in [-0.15, -0.1) is 0 Å². The van der Waals surface area contributed by atoms with E-state index >= 15 is 0 Å². The van der Waals surface area contributed by atoms with E-state index in [0.717, 1.165) is 35.9 Å². The number of hydrogen-bond donors (Lipinski definition) is 1. The highest BCUT2D eigenvalue weighted by molar-refractivity contribution is 5.60. The van der Waals surface area contributed by atoms with Crippen LogP contribution in [0.2, 0.25) is 0 Å². The molecule has 90 valence electrons. The third-order valence-corrected chi connectivity index (χ3v) is 2.39. The summed E-state index contributed by atoms with van der Waals surface area (Å²) in [6.45, 7) is 4.95. The fraction of sp³-hybridized carbons (Fsp3) is 0.417. The molecule has 2 rings (SSSR count). The minimum atomic E-state index is 0.768. The summed E-state index contributed by atoms with van der Waals surface area (Å²) in [5.74, 6) is 1.64. The Morgan fingerprint density at radius 3 is 2.82 bits per heavy atom. The number of rotatable bonds is 4. The van der Waals surface area contributed by atoms with Crippen molar-refractivity contribution in [2.45, 2.75) is 20.3 Å². The predicted molar refractivity (Wildman–Crippen MR) is 67.8 cm³/mol. The maximum absolute atomic E-state index is 4.42. The number of aromatic nitrogens is 4. The smallest absolute Gasteiger partial charge is 0.130 e. The van der Waals surface area contributed by atoms with E-state index in [-0.39, 0.29) is 0 Å². The van der Waals surface area contributed by atoms with E-state index in [1.54, 1.807) is 4.68 Å². The Balaban J connectivity index is 2.31. The molecular weight excluding hydrogens is 214 g/mol. The summed E-state index contributed by atoms with van der Waals surface area (Å²) < 4.78 is 1.77. The van der Waals surface area contributed by atoms with Crippen molar-refractivity contribution in [1.82, 2.24) is 19.7 Å². The van der Waals surface area contributed by atoms with Gasteiger partial charge in [0.2, 0.25) is 0 Å². The van der Waals surface area contributed by atoms with Crippen LogP contribution in [-0.4, -0.2) is 26.3 Å². The molecule has 0 fully saturated rings. The van der Waals surface area contributed by atoms with Crippen molar-refractivity contribution in [3.05, 3.63) is 24.3 Å². The van der Waals surface area contributed by atoms with Crippen LogP contribution in [0.5, 0.6) is 0 Å². The van der Waals surface area contributed by atoms with Crippen LogP contribution in [0.15, 0.2) is 18.5 Å². The van der Waals surface area contributed by atoms with E-state index in [4.69, 9.17) is 0 Å². The molecule has 2 heterocycles. The fourth-order valence-corrected chi connectivity index (χ4v) is 1.61. The Morgan fingerprint density at radius 2 is 2.18 bits per heavy atom. The molecule has 0 aliphatic heterocycles. The number of nitrogens with one attached hydrogen (secondary N) is 1. The second-order valence-corrected chi connectivity index (χ2v) is 4.02. The van der Waals surface area contributed by atoms with E-state index < -0.39 is 0 Å². The van der Waals surface area contributed by atoms with Crippen molar-refractivity contribution in [1.29, 1.82) is 0 Å². The van der Waals surface area contributed by atoms with Crippen LogP contribution < -0.4 is 5.32 Å². The van der Waals surface area contributed by atoms with Crippen LogP contribution in [-0.2, 0) is 7.05 Å². The molecule has 2 aromatic heterocycles. The van der Waals surface area contributed by atoms with Gasteiger partial charge in [-0.2, -0.15) is 5.10 Å². The molecule has 0 bridgehead atoms. The molecule has 0 saturated heterocycles. The molecule has 0 atom stereocenters. The highest BCUT2D eigenvalue weighted by Gasteiger charge is 2.05. The summed E-state index contributed by atoms with van der Waals surface area (Å²) in [7, 11) is 1.90. The van der Waals surface area contributed by atoms with Gasteiger partial charge in [-0.3, -0.25) is 4.68 Å². The van der Waals surface area contributed by atoms with E-state index in [0.29, 0.717) is 0 Å². The van der Waals surface area contributed by atoms with Gasteiger partial charge in [0.25, 0.3) is 0 Å². The van der Waals surface area contributed by atoms with Crippen LogP contribution in [0.4, 0.5) is 5.82 Å². The molecule has 0 radical (unpaired) electrons. The third-order valence-electron chi connectivity index (χ3n) is 2.39. The van der Waals surface area contributed by atoms with Gasteiger partial charge < -0.3 is 5.32 Å². The first-order valence-electron chi connectivity index (χ1n) is 5.77. The molecule has 0 aliphatic carbocycles. The van der Waals surface area contributed by atoms with Gasteiger partial charge >= 0.3 is 0 Å². The zero-order valence-corrected chi connectivity index (χ0v) is 10.4. The van der Waals surface area contributed by atoms with Gasteiger partial charge in [-0.05, 0) is 13.3 Å². The minimum absolute atomic E-state index is 0.768. The lowest BCUT2D eigenvalue weighted by Crippen LogP contribution is -2.04. The van der Waals surface area contributed by atoms with Gasteiger partial charge in [0, 0.05) is 31.4 Å². The predicted octanol–water partition coefficient (Wildman–Crippen LogP) is 2.01. The Bertz CT molecular complexity index is 503. The molecule has 0 aromatic carbocycles. The standard InChI is InChI=1S/C12H17N5/c1-4-5-13-12-6-11(15-9(2)16-12)10-7-14-17(3)8-10/h6-8H,4-5H2,1-3H3,(H,13,15,16). The maximum Gasteiger partial charge on any atom is 0.130 e. The molecule has 0 aliphatic rings. The normalized spacial score (nSPS) is 10.5. The summed E-state index contributed by atoms with van der Waals surface area (Å²) >= 11 is 0. The monoisotopic (exact) mass is 231 g/mol. The Kier molecular flexibility index (Phi) is 3.37. The lowest BCUT2D eigenvalue weighted by Gasteiger charge is -2.06. The zero-order chi connectivity index (χ0) is 12.3. The number of nitrogens with zero attached hydrogens (tertiary/aromatic N) is 4. The summed E-state index contributed by atoms with van der Waals surface area (Å²) in [4.78, 5) is 8.78. The van der Waals surface area contributed by atoms with Crippen molar-refractivity contribution in [2.24, 2.45) is 7.05 Å². The van der Waals surface area contributed by atoms with Gasteiger partial charge in [-0.25, -0.2) is 9.97 Å². The number of aryl methyl sites for hydroxylation is 2. The number of anilines is 1. The Morgan fingerprint density at radius 1 is 1.35 bits per heavy atom. The average molecular weight is 231 g/mol. The van der Waals surface area contributed by atoms with Crippen molar-refractivity contribution in [3.63, 3.8) is 0 Å². The molecule has 0 saturated carbocycles. The van der Waals surface area contributed by atoms with Gasteiger partial charge in [0.1, 0.15) is 11.6 Å². The average Bonchev–Trinajstić information content (AvgIpc) is 2.72. The summed E-state index contributed by atoms with van der Waals surface area (Å²) in [6.07, 6.45) is 4.84. The van der Waals surface area contributed by atoms with Crippen LogP contribution in [0.3, 0.4) is 0 Å². The van der Waals surface area contributed by atoms with Crippen LogP contribution >= 0.6 is 0 Å². The quantitative estimate of drug-likeness (QED) is 0.874. The van der Waals surface area contributed by atoms with E-state index in [1.165, 1.54) is 0 Å². The molecule has 5 heteroatoms. The lowest BCUT2D eigenvalue weighted by atomic mass is 10.2. The molecule has 5 nitrogen and oxygen atoms in total. The SMILES string of the molecule is CCCNc1cc(-c2cnn(C)c2)nc(C)n1. The molecule has 0 amide bonds. The van der Waals surface area contributed by atoms with Crippen molar-refractivity contribution >= 4 is 5.82 Å². The van der Waals surface area contributed by atoms with Crippen molar-refractivity contribution < 1.29 is 0 Å². The molecule has 2 aromatic rings. The van der Waals surface area contributed by atoms with E-state index in [2.05, 4.69) is 27.3 Å². The van der Waals surface area contributed by atoms with Gasteiger partial charge in [-0.1, -0.05) is 6.92 Å². The largest absolute Gasteiger partial charge is 0.370 e. The van der Waals surface area contributed by atoms with Crippen molar-refractivity contribution in [3.8, 4) is 11.3 Å². The van der Waals surface area contributed by atoms with Gasteiger partial charge in [0.15, 0.2) is 0 Å². The second kappa shape index (κ2) is 4.95. The zero-order valence-electron chi connectivity index (χ0n) is 10.4. The minimum Gasteiger partial charge on any atom is -0.370 e. The summed E-state index contributed by atoms with van der Waals surface area (Å²) in [5, 5.41) is 7.42. The molecule has 0 spiro atoms. The molecule has 17 heavy (non-hydrogen) atoms. The second-order valence-electron chi connectivity index (χ2n) is 4.02. The summed E-state index contributed by atoms with van der Waals surface area (Å²) in [6, 6.07) is 1.96. The van der Waals surface area contributed by atoms with E-state index in [1.807, 2.05) is 32.4 Å². The lowest BCUT2D eigenvalue weighted by molar-refractivity contribution is 0.768. The highest BCUT2D eigenvalue weighted by atomic mass is 15.2. The van der Waals surface area contributed by atoms with E-state index in [9.17, 15) is 0 Å². The fourth-order valence-electron chi connectivity index (χ4n) is 1.61. The van der Waals surface area contributed by atoms with Crippen LogP contribution in [0.1, 0.15) is 19.2 Å². The first-order chi connectivity index (χ1) is 8.19. The first-order valence-corrected chi connectivity index (χ1v) is 5.77. The first kappa shape index (κ1) is 11.6. The van der Waals surface area contributed by atoms with Crippen LogP contribution in [0.25, 0.3) is 11.3 Å². The van der Waals surface area contributed by atoms with Gasteiger partial charge in [0.05, 0.1) is 11.9 Å². The highest BCUT2D eigenvalue weighted by Crippen LogP contribution is 2.18. The topological polar surface area (TPSA) is 55.6 Å². The summed E-state index contributed by atoms with van der Waals surface area (Å²) in [5.41, 5.74) is 1.92. The Hall–Kier alpha value is -1.91. The maximum atomic E-state index is 4.42. The molecule has 0 unspecified atom stereocenters. The van der Waals surface area contributed by atoms with Crippen LogP contribution in [0, 0.1) is 6.92 Å². The van der Waals surface area contributed by atoms with Crippen molar-refractivity contribution in [2.75, 3.05) is 11.9 Å². The molecule has 1 N–H and O–H groups in total. The number of hydrogen-bond acceptors (Lipinski definition) is 4. The molecular formula is C12H17N5.